The van der Waals surface area contributed by atoms with Crippen LogP contribution >= 0.6 is 0 Å². The highest BCUT2D eigenvalue weighted by Gasteiger charge is 2.15. The minimum atomic E-state index is -1.08. The van der Waals surface area contributed by atoms with Gasteiger partial charge in [-0.2, -0.15) is 0 Å². The first-order chi connectivity index (χ1) is 18.8. The number of halogens is 1. The SMILES string of the molecule is CCCOCCOCCOCCOCCOCCOCC(F)CN(Cc1ccccc1)Cc1ccccc1. The second-order valence-electron chi connectivity index (χ2n) is 8.87. The summed E-state index contributed by atoms with van der Waals surface area (Å²) < 4.78 is 47.4. The highest BCUT2D eigenvalue weighted by Crippen LogP contribution is 2.12. The van der Waals surface area contributed by atoms with Crippen molar-refractivity contribution >= 4 is 0 Å². The summed E-state index contributed by atoms with van der Waals surface area (Å²) in [7, 11) is 0. The third kappa shape index (κ3) is 17.6. The van der Waals surface area contributed by atoms with Crippen LogP contribution in [-0.4, -0.2) is 96.9 Å². The summed E-state index contributed by atoms with van der Waals surface area (Å²) in [4.78, 5) is 2.12. The topological polar surface area (TPSA) is 58.6 Å². The first kappa shape index (κ1) is 32.3. The lowest BCUT2D eigenvalue weighted by Gasteiger charge is -2.24. The van der Waals surface area contributed by atoms with Crippen LogP contribution in [0.1, 0.15) is 24.5 Å². The lowest BCUT2D eigenvalue weighted by Crippen LogP contribution is -2.32. The smallest absolute Gasteiger partial charge is 0.136 e. The van der Waals surface area contributed by atoms with Crippen molar-refractivity contribution in [2.75, 3.05) is 85.8 Å². The zero-order valence-corrected chi connectivity index (χ0v) is 22.9. The molecular formula is C30H46FNO6. The lowest BCUT2D eigenvalue weighted by atomic mass is 10.1. The molecule has 2 aromatic carbocycles. The molecule has 0 radical (unpaired) electrons. The standard InChI is InChI=1S/C30H46FNO6/c1-2-13-33-14-15-34-16-17-35-18-19-36-20-21-37-22-23-38-27-30(31)26-32(24-28-9-5-3-6-10-28)25-29-11-7-4-8-12-29/h3-12,30H,2,13-27H2,1H3. The third-order valence-electron chi connectivity index (χ3n) is 5.46. The minimum absolute atomic E-state index is 0.0484. The molecule has 0 amide bonds. The molecule has 0 aliphatic carbocycles. The molecule has 7 nitrogen and oxygen atoms in total. The molecule has 0 heterocycles. The Morgan fingerprint density at radius 1 is 0.553 bits per heavy atom. The van der Waals surface area contributed by atoms with Crippen LogP contribution in [-0.2, 0) is 41.5 Å². The van der Waals surface area contributed by atoms with E-state index in [1.54, 1.807) is 0 Å². The van der Waals surface area contributed by atoms with Crippen LogP contribution in [0.3, 0.4) is 0 Å². The number of nitrogens with zero attached hydrogens (tertiary/aromatic N) is 1. The number of hydrogen-bond donors (Lipinski definition) is 0. The van der Waals surface area contributed by atoms with Crippen molar-refractivity contribution in [3.05, 3.63) is 71.8 Å². The molecule has 1 unspecified atom stereocenters. The maximum atomic E-state index is 14.7. The van der Waals surface area contributed by atoms with Gasteiger partial charge in [0.15, 0.2) is 0 Å². The predicted molar refractivity (Wildman–Crippen MR) is 147 cm³/mol. The molecule has 0 aliphatic rings. The molecule has 0 bridgehead atoms. The van der Waals surface area contributed by atoms with Crippen LogP contribution in [0.5, 0.6) is 0 Å². The molecule has 1 atom stereocenters. The Morgan fingerprint density at radius 3 is 1.32 bits per heavy atom. The zero-order valence-electron chi connectivity index (χ0n) is 22.9. The summed E-state index contributed by atoms with van der Waals surface area (Å²) in [5, 5.41) is 0. The van der Waals surface area contributed by atoms with E-state index in [1.165, 1.54) is 0 Å². The molecule has 2 aromatic rings. The van der Waals surface area contributed by atoms with Gasteiger partial charge in [-0.25, -0.2) is 4.39 Å². The molecule has 0 fully saturated rings. The Kier molecular flexibility index (Phi) is 19.6. The van der Waals surface area contributed by atoms with E-state index in [0.717, 1.165) is 24.2 Å². The van der Waals surface area contributed by atoms with Gasteiger partial charge in [-0.15, -0.1) is 0 Å². The molecule has 0 saturated heterocycles. The van der Waals surface area contributed by atoms with Crippen molar-refractivity contribution in [2.45, 2.75) is 32.6 Å². The Bertz CT molecular complexity index is 728. The fourth-order valence-corrected chi connectivity index (χ4v) is 3.66. The minimum Gasteiger partial charge on any atom is -0.379 e. The van der Waals surface area contributed by atoms with Gasteiger partial charge in [0.1, 0.15) is 6.17 Å². The Morgan fingerprint density at radius 2 is 0.921 bits per heavy atom. The first-order valence-corrected chi connectivity index (χ1v) is 13.7. The van der Waals surface area contributed by atoms with Crippen molar-refractivity contribution < 1.29 is 32.8 Å². The van der Waals surface area contributed by atoms with E-state index in [2.05, 4.69) is 36.1 Å². The fraction of sp³-hybridized carbons (Fsp3) is 0.600. The van der Waals surface area contributed by atoms with E-state index >= 15 is 0 Å². The van der Waals surface area contributed by atoms with Crippen LogP contribution < -0.4 is 0 Å². The summed E-state index contributed by atoms with van der Waals surface area (Å²) in [6, 6.07) is 20.3. The van der Waals surface area contributed by atoms with E-state index in [4.69, 9.17) is 28.4 Å². The van der Waals surface area contributed by atoms with Crippen LogP contribution in [0.4, 0.5) is 4.39 Å². The van der Waals surface area contributed by atoms with Gasteiger partial charge >= 0.3 is 0 Å². The molecule has 0 saturated carbocycles. The summed E-state index contributed by atoms with van der Waals surface area (Å²) >= 11 is 0. The largest absolute Gasteiger partial charge is 0.379 e. The highest BCUT2D eigenvalue weighted by atomic mass is 19.1. The zero-order chi connectivity index (χ0) is 26.9. The van der Waals surface area contributed by atoms with Gasteiger partial charge in [-0.3, -0.25) is 4.90 Å². The molecule has 8 heteroatoms. The van der Waals surface area contributed by atoms with Gasteiger partial charge in [0.05, 0.1) is 72.7 Å². The maximum Gasteiger partial charge on any atom is 0.136 e. The second-order valence-corrected chi connectivity index (χ2v) is 8.87. The quantitative estimate of drug-likeness (QED) is 0.173. The van der Waals surface area contributed by atoms with Gasteiger partial charge in [-0.1, -0.05) is 67.6 Å². The lowest BCUT2D eigenvalue weighted by molar-refractivity contribution is -0.0204. The van der Waals surface area contributed by atoms with Crippen LogP contribution in [0.2, 0.25) is 0 Å². The van der Waals surface area contributed by atoms with Crippen molar-refractivity contribution in [3.63, 3.8) is 0 Å². The van der Waals surface area contributed by atoms with Gasteiger partial charge in [0.25, 0.3) is 0 Å². The predicted octanol–water partition coefficient (Wildman–Crippen LogP) is 4.54. The second kappa shape index (κ2) is 23.0. The molecule has 0 spiro atoms. The molecule has 0 aromatic heterocycles. The van der Waals surface area contributed by atoms with Crippen molar-refractivity contribution in [1.29, 1.82) is 0 Å². The Hall–Kier alpha value is -1.91. The summed E-state index contributed by atoms with van der Waals surface area (Å²) in [6.45, 7) is 9.61. The van der Waals surface area contributed by atoms with Crippen LogP contribution in [0, 0.1) is 0 Å². The van der Waals surface area contributed by atoms with Crippen molar-refractivity contribution in [3.8, 4) is 0 Å². The monoisotopic (exact) mass is 535 g/mol. The van der Waals surface area contributed by atoms with Gasteiger partial charge < -0.3 is 28.4 Å². The number of alkyl halides is 1. The van der Waals surface area contributed by atoms with E-state index in [9.17, 15) is 4.39 Å². The number of ether oxygens (including phenoxy) is 6. The molecule has 0 N–H and O–H groups in total. The van der Waals surface area contributed by atoms with Crippen LogP contribution in [0.25, 0.3) is 0 Å². The summed E-state index contributed by atoms with van der Waals surface area (Å²) in [6.07, 6.45) is -0.0581. The molecular weight excluding hydrogens is 489 g/mol. The van der Waals surface area contributed by atoms with Gasteiger partial charge in [0, 0.05) is 26.2 Å². The van der Waals surface area contributed by atoms with Gasteiger partial charge in [-0.05, 0) is 17.5 Å². The van der Waals surface area contributed by atoms with E-state index in [0.29, 0.717) is 85.7 Å². The van der Waals surface area contributed by atoms with Crippen molar-refractivity contribution in [1.82, 2.24) is 4.90 Å². The average molecular weight is 536 g/mol. The molecule has 2 rings (SSSR count). The van der Waals surface area contributed by atoms with E-state index < -0.39 is 6.17 Å². The Labute approximate surface area is 228 Å². The normalized spacial score (nSPS) is 12.3. The summed E-state index contributed by atoms with van der Waals surface area (Å²) in [5.74, 6) is 0. The number of rotatable bonds is 25. The first-order valence-electron chi connectivity index (χ1n) is 13.7. The molecule has 214 valence electrons. The number of benzene rings is 2. The Balaban J connectivity index is 1.44. The average Bonchev–Trinajstić information content (AvgIpc) is 2.93. The highest BCUT2D eigenvalue weighted by molar-refractivity contribution is 5.17. The summed E-state index contributed by atoms with van der Waals surface area (Å²) in [5.41, 5.74) is 2.33. The van der Waals surface area contributed by atoms with Gasteiger partial charge in [0.2, 0.25) is 0 Å². The van der Waals surface area contributed by atoms with E-state index in [-0.39, 0.29) is 6.61 Å². The number of hydrogen-bond acceptors (Lipinski definition) is 7. The fourth-order valence-electron chi connectivity index (χ4n) is 3.66. The molecule has 0 aliphatic heterocycles. The van der Waals surface area contributed by atoms with E-state index in [1.807, 2.05) is 36.4 Å². The van der Waals surface area contributed by atoms with Crippen molar-refractivity contribution in [2.24, 2.45) is 0 Å². The maximum absolute atomic E-state index is 14.7. The molecule has 38 heavy (non-hydrogen) atoms. The third-order valence-corrected chi connectivity index (χ3v) is 5.46. The van der Waals surface area contributed by atoms with Crippen LogP contribution in [0.15, 0.2) is 60.7 Å².